The van der Waals surface area contributed by atoms with Gasteiger partial charge in [-0.1, -0.05) is 58.0 Å². The minimum atomic E-state index is -0.0455. The molecule has 0 aliphatic carbocycles. The summed E-state index contributed by atoms with van der Waals surface area (Å²) in [5.41, 5.74) is 9.77. The average molecular weight is 299 g/mol. The van der Waals surface area contributed by atoms with Crippen LogP contribution in [0.2, 0.25) is 0 Å². The minimum absolute atomic E-state index is 0.0455. The molecule has 3 aromatic rings. The highest BCUT2D eigenvalue weighted by Crippen LogP contribution is 2.38. The molecule has 2 aromatic heterocycles. The third-order valence-corrected chi connectivity index (χ3v) is 4.85. The zero-order chi connectivity index (χ0) is 15.2. The van der Waals surface area contributed by atoms with E-state index < -0.39 is 0 Å². The second-order valence-corrected chi connectivity index (χ2v) is 7.37. The smallest absolute Gasteiger partial charge is 0.196 e. The highest BCUT2D eigenvalue weighted by atomic mass is 32.1. The largest absolute Gasteiger partial charge is 0.383 e. The van der Waals surface area contributed by atoms with Crippen LogP contribution in [0.25, 0.3) is 16.2 Å². The molecule has 0 atom stereocenters. The maximum atomic E-state index is 6.44. The molecule has 1 aromatic carbocycles. The molecule has 3 rings (SSSR count). The molecule has 0 spiro atoms. The number of hydrogen-bond donors (Lipinski definition) is 1. The van der Waals surface area contributed by atoms with Crippen LogP contribution in [-0.4, -0.2) is 9.38 Å². The average Bonchev–Trinajstić information content (AvgIpc) is 2.96. The Morgan fingerprint density at radius 2 is 1.86 bits per heavy atom. The highest BCUT2D eigenvalue weighted by Gasteiger charge is 2.26. The van der Waals surface area contributed by atoms with Crippen molar-refractivity contribution in [1.82, 2.24) is 9.38 Å². The zero-order valence-corrected chi connectivity index (χ0v) is 13.8. The van der Waals surface area contributed by atoms with Crippen LogP contribution >= 0.6 is 11.3 Å². The van der Waals surface area contributed by atoms with E-state index in [0.29, 0.717) is 0 Å². The van der Waals surface area contributed by atoms with Crippen molar-refractivity contribution >= 4 is 22.1 Å². The SMILES string of the molecule is CCc1sc2nc(C(C)(C)C)c(N)n2c1-c1ccccc1. The molecule has 2 heterocycles. The standard InChI is InChI=1S/C17H21N3S/c1-5-12-13(11-9-7-6-8-10-11)20-15(18)14(17(2,3)4)19-16(20)21-12/h6-10H,5,18H2,1-4H3. The number of nitrogen functional groups attached to an aromatic ring is 1. The van der Waals surface area contributed by atoms with Crippen molar-refractivity contribution in [2.75, 3.05) is 5.73 Å². The lowest BCUT2D eigenvalue weighted by Crippen LogP contribution is -2.14. The van der Waals surface area contributed by atoms with Gasteiger partial charge in [-0.2, -0.15) is 0 Å². The number of thiazole rings is 1. The molecule has 110 valence electrons. The first-order valence-electron chi connectivity index (χ1n) is 7.29. The van der Waals surface area contributed by atoms with Gasteiger partial charge >= 0.3 is 0 Å². The van der Waals surface area contributed by atoms with Crippen molar-refractivity contribution in [3.63, 3.8) is 0 Å². The summed E-state index contributed by atoms with van der Waals surface area (Å²) in [6.07, 6.45) is 0.989. The lowest BCUT2D eigenvalue weighted by molar-refractivity contribution is 0.576. The maximum absolute atomic E-state index is 6.44. The number of nitrogens with zero attached hydrogens (tertiary/aromatic N) is 2. The summed E-state index contributed by atoms with van der Waals surface area (Å²) in [5, 5.41) is 0. The number of fused-ring (bicyclic) bond motifs is 1. The van der Waals surface area contributed by atoms with E-state index in [-0.39, 0.29) is 5.41 Å². The lowest BCUT2D eigenvalue weighted by atomic mass is 9.92. The third kappa shape index (κ3) is 2.23. The van der Waals surface area contributed by atoms with Crippen molar-refractivity contribution < 1.29 is 0 Å². The molecule has 0 saturated carbocycles. The summed E-state index contributed by atoms with van der Waals surface area (Å²) in [6.45, 7) is 8.63. The predicted molar refractivity (Wildman–Crippen MR) is 91.0 cm³/mol. The van der Waals surface area contributed by atoms with Gasteiger partial charge < -0.3 is 5.73 Å². The van der Waals surface area contributed by atoms with Crippen molar-refractivity contribution in [2.24, 2.45) is 0 Å². The van der Waals surface area contributed by atoms with E-state index >= 15 is 0 Å². The molecule has 21 heavy (non-hydrogen) atoms. The Bertz CT molecular complexity index is 776. The van der Waals surface area contributed by atoms with Gasteiger partial charge in [-0.25, -0.2) is 4.98 Å². The summed E-state index contributed by atoms with van der Waals surface area (Å²) in [6, 6.07) is 10.4. The van der Waals surface area contributed by atoms with Gasteiger partial charge in [-0.15, -0.1) is 11.3 Å². The molecule has 0 unspecified atom stereocenters. The Kier molecular flexibility index (Phi) is 3.29. The van der Waals surface area contributed by atoms with Crippen molar-refractivity contribution in [3.8, 4) is 11.3 Å². The van der Waals surface area contributed by atoms with E-state index in [4.69, 9.17) is 10.7 Å². The number of aromatic nitrogens is 2. The van der Waals surface area contributed by atoms with E-state index in [1.165, 1.54) is 16.1 Å². The van der Waals surface area contributed by atoms with Gasteiger partial charge in [-0.3, -0.25) is 4.40 Å². The highest BCUT2D eigenvalue weighted by molar-refractivity contribution is 7.17. The number of hydrogen-bond acceptors (Lipinski definition) is 3. The molecular weight excluding hydrogens is 278 g/mol. The van der Waals surface area contributed by atoms with Gasteiger partial charge in [0.1, 0.15) is 5.82 Å². The van der Waals surface area contributed by atoms with Crippen molar-refractivity contribution in [2.45, 2.75) is 39.5 Å². The molecule has 0 fully saturated rings. The first-order chi connectivity index (χ1) is 9.93. The first-order valence-corrected chi connectivity index (χ1v) is 8.10. The first kappa shape index (κ1) is 14.1. The van der Waals surface area contributed by atoms with Crippen molar-refractivity contribution in [3.05, 3.63) is 40.9 Å². The summed E-state index contributed by atoms with van der Waals surface area (Å²) in [5.74, 6) is 0.771. The number of nitrogens with two attached hydrogens (primary N) is 1. The number of benzene rings is 1. The summed E-state index contributed by atoms with van der Waals surface area (Å²) in [7, 11) is 0. The quantitative estimate of drug-likeness (QED) is 0.757. The van der Waals surface area contributed by atoms with Crippen molar-refractivity contribution in [1.29, 1.82) is 0 Å². The van der Waals surface area contributed by atoms with Crippen LogP contribution in [0.1, 0.15) is 38.3 Å². The monoisotopic (exact) mass is 299 g/mol. The molecule has 0 aliphatic rings. The molecule has 0 bridgehead atoms. The topological polar surface area (TPSA) is 43.3 Å². The molecule has 0 radical (unpaired) electrons. The normalized spacial score (nSPS) is 12.2. The van der Waals surface area contributed by atoms with Crippen LogP contribution in [0, 0.1) is 0 Å². The van der Waals surface area contributed by atoms with E-state index in [1.54, 1.807) is 11.3 Å². The van der Waals surface area contributed by atoms with Crippen LogP contribution in [0.15, 0.2) is 30.3 Å². The van der Waals surface area contributed by atoms with Gasteiger partial charge in [0.15, 0.2) is 4.96 Å². The lowest BCUT2D eigenvalue weighted by Gasteiger charge is -2.16. The Balaban J connectivity index is 2.34. The molecular formula is C17H21N3S. The molecule has 0 saturated heterocycles. The second-order valence-electron chi connectivity index (χ2n) is 6.31. The van der Waals surface area contributed by atoms with E-state index in [1.807, 2.05) is 6.07 Å². The fourth-order valence-corrected chi connectivity index (χ4v) is 3.75. The van der Waals surface area contributed by atoms with Crippen LogP contribution in [0.3, 0.4) is 0 Å². The molecule has 0 aliphatic heterocycles. The number of imidazole rings is 1. The number of aryl methyl sites for hydroxylation is 1. The van der Waals surface area contributed by atoms with Gasteiger partial charge in [0.2, 0.25) is 0 Å². The molecule has 0 amide bonds. The van der Waals surface area contributed by atoms with Crippen LogP contribution < -0.4 is 5.73 Å². The third-order valence-electron chi connectivity index (χ3n) is 3.66. The Morgan fingerprint density at radius 3 is 2.43 bits per heavy atom. The molecule has 3 nitrogen and oxygen atoms in total. The Labute approximate surface area is 129 Å². The summed E-state index contributed by atoms with van der Waals surface area (Å²) >= 11 is 1.74. The van der Waals surface area contributed by atoms with Crippen LogP contribution in [0.4, 0.5) is 5.82 Å². The van der Waals surface area contributed by atoms with Gasteiger partial charge in [0.05, 0.1) is 11.4 Å². The van der Waals surface area contributed by atoms with E-state index in [2.05, 4.69) is 56.4 Å². The van der Waals surface area contributed by atoms with Gasteiger partial charge in [-0.05, 0) is 12.0 Å². The molecule has 4 heteroatoms. The van der Waals surface area contributed by atoms with Crippen LogP contribution in [0.5, 0.6) is 0 Å². The summed E-state index contributed by atoms with van der Waals surface area (Å²) in [4.78, 5) is 7.12. The minimum Gasteiger partial charge on any atom is -0.383 e. The Morgan fingerprint density at radius 1 is 1.19 bits per heavy atom. The fourth-order valence-electron chi connectivity index (χ4n) is 2.66. The fraction of sp³-hybridized carbons (Fsp3) is 0.353. The van der Waals surface area contributed by atoms with Crippen LogP contribution in [-0.2, 0) is 11.8 Å². The molecule has 2 N–H and O–H groups in total. The zero-order valence-electron chi connectivity index (χ0n) is 13.0. The summed E-state index contributed by atoms with van der Waals surface area (Å²) < 4.78 is 2.12. The maximum Gasteiger partial charge on any atom is 0.196 e. The van der Waals surface area contributed by atoms with Gasteiger partial charge in [0, 0.05) is 10.3 Å². The van der Waals surface area contributed by atoms with E-state index in [0.717, 1.165) is 22.9 Å². The van der Waals surface area contributed by atoms with E-state index in [9.17, 15) is 0 Å². The Hall–Kier alpha value is -1.81. The number of rotatable bonds is 2. The number of anilines is 1. The predicted octanol–water partition coefficient (Wildman–Crippen LogP) is 4.50. The second kappa shape index (κ2) is 4.88. The van der Waals surface area contributed by atoms with Gasteiger partial charge in [0.25, 0.3) is 0 Å².